The Morgan fingerprint density at radius 2 is 2.21 bits per heavy atom. The smallest absolute Gasteiger partial charge is 0.142 e. The molecule has 1 unspecified atom stereocenters. The quantitative estimate of drug-likeness (QED) is 0.898. The summed E-state index contributed by atoms with van der Waals surface area (Å²) in [4.78, 5) is 14.3. The number of fused-ring (bicyclic) bond motifs is 1. The van der Waals surface area contributed by atoms with Gasteiger partial charge in [-0.25, -0.2) is 9.97 Å². The van der Waals surface area contributed by atoms with Gasteiger partial charge in [-0.05, 0) is 30.7 Å². The Kier molecular flexibility index (Phi) is 2.96. The highest BCUT2D eigenvalue weighted by Gasteiger charge is 2.31. The molecule has 1 atom stereocenters. The molecule has 3 rings (SSSR count). The summed E-state index contributed by atoms with van der Waals surface area (Å²) in [5.41, 5.74) is 1.37. The van der Waals surface area contributed by atoms with E-state index >= 15 is 0 Å². The number of aromatic nitrogens is 3. The minimum Gasteiger partial charge on any atom is -0.356 e. The summed E-state index contributed by atoms with van der Waals surface area (Å²) in [5.74, 6) is 1.05. The van der Waals surface area contributed by atoms with Crippen LogP contribution in [0.2, 0.25) is 0 Å². The van der Waals surface area contributed by atoms with Crippen molar-refractivity contribution in [2.75, 3.05) is 11.9 Å². The molecule has 102 valence electrons. The van der Waals surface area contributed by atoms with Crippen molar-refractivity contribution < 1.29 is 0 Å². The summed E-state index contributed by atoms with van der Waals surface area (Å²) in [7, 11) is 2.17. The van der Waals surface area contributed by atoms with Crippen molar-refractivity contribution in [3.63, 3.8) is 0 Å². The molecule has 4 heteroatoms. The molecule has 2 aromatic heterocycles. The SMILES string of the molecule is CN(c1ncnc2[nH]ccc12)C1CCCC(C)(C)C1. The molecule has 1 aliphatic rings. The average Bonchev–Trinajstić information content (AvgIpc) is 2.84. The van der Waals surface area contributed by atoms with Gasteiger partial charge in [-0.3, -0.25) is 0 Å². The molecule has 4 nitrogen and oxygen atoms in total. The maximum Gasteiger partial charge on any atom is 0.142 e. The highest BCUT2D eigenvalue weighted by molar-refractivity contribution is 5.87. The molecule has 0 aromatic carbocycles. The van der Waals surface area contributed by atoms with E-state index in [-0.39, 0.29) is 0 Å². The van der Waals surface area contributed by atoms with E-state index in [4.69, 9.17) is 0 Å². The lowest BCUT2D eigenvalue weighted by Crippen LogP contribution is -2.39. The molecule has 2 aromatic rings. The second-order valence-electron chi connectivity index (χ2n) is 6.46. The minimum absolute atomic E-state index is 0.446. The van der Waals surface area contributed by atoms with Crippen LogP contribution >= 0.6 is 0 Å². The Balaban J connectivity index is 1.91. The van der Waals surface area contributed by atoms with Crippen LogP contribution in [0.5, 0.6) is 0 Å². The maximum absolute atomic E-state index is 4.50. The van der Waals surface area contributed by atoms with Gasteiger partial charge in [0, 0.05) is 19.3 Å². The van der Waals surface area contributed by atoms with E-state index in [0.717, 1.165) is 16.9 Å². The summed E-state index contributed by atoms with van der Waals surface area (Å²) < 4.78 is 0. The van der Waals surface area contributed by atoms with Gasteiger partial charge in [-0.2, -0.15) is 0 Å². The van der Waals surface area contributed by atoms with Gasteiger partial charge in [0.05, 0.1) is 5.39 Å². The van der Waals surface area contributed by atoms with Crippen LogP contribution in [0.3, 0.4) is 0 Å². The first-order valence-electron chi connectivity index (χ1n) is 7.08. The topological polar surface area (TPSA) is 44.8 Å². The van der Waals surface area contributed by atoms with Crippen molar-refractivity contribution >= 4 is 16.9 Å². The van der Waals surface area contributed by atoms with Crippen LogP contribution in [0.4, 0.5) is 5.82 Å². The predicted molar refractivity (Wildman–Crippen MR) is 78.3 cm³/mol. The zero-order valence-electron chi connectivity index (χ0n) is 12.0. The molecule has 0 aliphatic heterocycles. The maximum atomic E-state index is 4.50. The fourth-order valence-corrected chi connectivity index (χ4v) is 3.30. The number of nitrogens with zero attached hydrogens (tertiary/aromatic N) is 3. The van der Waals surface area contributed by atoms with Gasteiger partial charge in [-0.1, -0.05) is 20.3 Å². The predicted octanol–water partition coefficient (Wildman–Crippen LogP) is 3.36. The van der Waals surface area contributed by atoms with Crippen molar-refractivity contribution in [3.05, 3.63) is 18.6 Å². The number of aromatic amines is 1. The lowest BCUT2D eigenvalue weighted by Gasteiger charge is -2.40. The van der Waals surface area contributed by atoms with Crippen LogP contribution in [0.1, 0.15) is 39.5 Å². The number of nitrogens with one attached hydrogen (secondary N) is 1. The fraction of sp³-hybridized carbons (Fsp3) is 0.600. The first-order chi connectivity index (χ1) is 9.07. The lowest BCUT2D eigenvalue weighted by atomic mass is 9.75. The summed E-state index contributed by atoms with van der Waals surface area (Å²) in [6, 6.07) is 2.64. The fourth-order valence-electron chi connectivity index (χ4n) is 3.30. The minimum atomic E-state index is 0.446. The third kappa shape index (κ3) is 2.31. The zero-order chi connectivity index (χ0) is 13.5. The van der Waals surface area contributed by atoms with E-state index in [0.29, 0.717) is 11.5 Å². The first-order valence-corrected chi connectivity index (χ1v) is 7.08. The van der Waals surface area contributed by atoms with Gasteiger partial charge in [0.2, 0.25) is 0 Å². The third-order valence-electron chi connectivity index (χ3n) is 4.39. The molecule has 1 saturated carbocycles. The molecule has 0 radical (unpaired) electrons. The largest absolute Gasteiger partial charge is 0.356 e. The monoisotopic (exact) mass is 258 g/mol. The van der Waals surface area contributed by atoms with Crippen molar-refractivity contribution in [1.29, 1.82) is 0 Å². The molecule has 0 spiro atoms. The van der Waals surface area contributed by atoms with Crippen molar-refractivity contribution in [2.24, 2.45) is 5.41 Å². The Bertz CT molecular complexity index is 572. The first kappa shape index (κ1) is 12.5. The summed E-state index contributed by atoms with van der Waals surface area (Å²) in [6.45, 7) is 4.75. The van der Waals surface area contributed by atoms with Crippen molar-refractivity contribution in [2.45, 2.75) is 45.6 Å². The van der Waals surface area contributed by atoms with Gasteiger partial charge >= 0.3 is 0 Å². The van der Waals surface area contributed by atoms with E-state index in [9.17, 15) is 0 Å². The third-order valence-corrected chi connectivity index (χ3v) is 4.39. The number of rotatable bonds is 2. The zero-order valence-corrected chi connectivity index (χ0v) is 12.0. The van der Waals surface area contributed by atoms with E-state index in [1.807, 2.05) is 6.20 Å². The summed E-state index contributed by atoms with van der Waals surface area (Å²) in [6.07, 6.45) is 8.72. The van der Waals surface area contributed by atoms with Crippen molar-refractivity contribution in [3.8, 4) is 0 Å². The Morgan fingerprint density at radius 1 is 1.37 bits per heavy atom. The van der Waals surface area contributed by atoms with E-state index < -0.39 is 0 Å². The lowest BCUT2D eigenvalue weighted by molar-refractivity contribution is 0.217. The molecule has 1 fully saturated rings. The van der Waals surface area contributed by atoms with E-state index in [2.05, 4.69) is 46.8 Å². The second kappa shape index (κ2) is 4.51. The summed E-state index contributed by atoms with van der Waals surface area (Å²) in [5, 5.41) is 1.12. The molecular weight excluding hydrogens is 236 g/mol. The van der Waals surface area contributed by atoms with Gasteiger partial charge in [0.15, 0.2) is 0 Å². The van der Waals surface area contributed by atoms with Crippen LogP contribution in [-0.4, -0.2) is 28.0 Å². The molecule has 19 heavy (non-hydrogen) atoms. The van der Waals surface area contributed by atoms with Gasteiger partial charge in [-0.15, -0.1) is 0 Å². The van der Waals surface area contributed by atoms with Crippen LogP contribution in [0.25, 0.3) is 11.0 Å². The molecular formula is C15H22N4. The normalized spacial score (nSPS) is 22.6. The Labute approximate surface area is 114 Å². The van der Waals surface area contributed by atoms with Gasteiger partial charge in [0.1, 0.15) is 17.8 Å². The standard InChI is InChI=1S/C15H22N4/c1-15(2)7-4-5-11(9-15)19(3)14-12-6-8-16-13(12)17-10-18-14/h6,8,10-11H,4-5,7,9H2,1-3H3,(H,16,17,18). The molecule has 2 heterocycles. The number of hydrogen-bond acceptors (Lipinski definition) is 3. The second-order valence-corrected chi connectivity index (χ2v) is 6.46. The molecule has 0 amide bonds. The summed E-state index contributed by atoms with van der Waals surface area (Å²) >= 11 is 0. The molecule has 0 saturated heterocycles. The highest BCUT2D eigenvalue weighted by Crippen LogP contribution is 2.38. The van der Waals surface area contributed by atoms with E-state index in [1.165, 1.54) is 25.7 Å². The molecule has 1 N–H and O–H groups in total. The van der Waals surface area contributed by atoms with Crippen LogP contribution in [0, 0.1) is 5.41 Å². The van der Waals surface area contributed by atoms with Crippen molar-refractivity contribution in [1.82, 2.24) is 15.0 Å². The number of H-pyrrole nitrogens is 1. The van der Waals surface area contributed by atoms with Crippen LogP contribution in [0.15, 0.2) is 18.6 Å². The van der Waals surface area contributed by atoms with Crippen LogP contribution < -0.4 is 4.90 Å². The van der Waals surface area contributed by atoms with Gasteiger partial charge < -0.3 is 9.88 Å². The molecule has 1 aliphatic carbocycles. The molecule has 0 bridgehead atoms. The average molecular weight is 258 g/mol. The number of anilines is 1. The van der Waals surface area contributed by atoms with Gasteiger partial charge in [0.25, 0.3) is 0 Å². The highest BCUT2D eigenvalue weighted by atomic mass is 15.2. The van der Waals surface area contributed by atoms with E-state index in [1.54, 1.807) is 6.33 Å². The Hall–Kier alpha value is -1.58. The van der Waals surface area contributed by atoms with Crippen LogP contribution in [-0.2, 0) is 0 Å². The number of hydrogen-bond donors (Lipinski definition) is 1. The Morgan fingerprint density at radius 3 is 3.00 bits per heavy atom.